The summed E-state index contributed by atoms with van der Waals surface area (Å²) in [5.74, 6) is -0.443. The van der Waals surface area contributed by atoms with Gasteiger partial charge in [-0.15, -0.1) is 11.3 Å². The van der Waals surface area contributed by atoms with E-state index >= 15 is 0 Å². The summed E-state index contributed by atoms with van der Waals surface area (Å²) in [5, 5.41) is 3.08. The van der Waals surface area contributed by atoms with Crippen LogP contribution in [0.5, 0.6) is 0 Å². The largest absolute Gasteiger partial charge is 0.370 e. The first-order chi connectivity index (χ1) is 15.4. The van der Waals surface area contributed by atoms with Crippen molar-refractivity contribution < 1.29 is 19.1 Å². The standard InChI is InChI=1S/C23H26BrN3O4S/c1-3-4-16-17(25-22(29)19-7-8-20(24)32-19)12-27(23(16)30)15-5-6-18(14(2)11-15)26-9-10-31-13-21(26)28/h5-8,11,16-17H,3-4,9-10,12-13H2,1-2H3,(H,25,29)/t16-,17+/m1/s1. The third kappa shape index (κ3) is 4.60. The number of ether oxygens (including phenoxy) is 1. The van der Waals surface area contributed by atoms with Crippen molar-refractivity contribution in [3.63, 3.8) is 0 Å². The fraction of sp³-hybridized carbons (Fsp3) is 0.435. The molecule has 32 heavy (non-hydrogen) atoms. The molecule has 2 aromatic rings. The number of carbonyl (C=O) groups is 3. The van der Waals surface area contributed by atoms with E-state index in [1.165, 1.54) is 11.3 Å². The lowest BCUT2D eigenvalue weighted by Crippen LogP contribution is -2.42. The van der Waals surface area contributed by atoms with Gasteiger partial charge in [0, 0.05) is 24.5 Å². The molecule has 0 saturated carbocycles. The van der Waals surface area contributed by atoms with Gasteiger partial charge in [0.1, 0.15) is 6.61 Å². The molecule has 2 atom stereocenters. The highest BCUT2D eigenvalue weighted by atomic mass is 79.9. The van der Waals surface area contributed by atoms with Crippen molar-refractivity contribution in [2.24, 2.45) is 5.92 Å². The zero-order chi connectivity index (χ0) is 22.8. The van der Waals surface area contributed by atoms with Gasteiger partial charge in [-0.05, 0) is 65.2 Å². The van der Waals surface area contributed by atoms with Crippen LogP contribution in [0.2, 0.25) is 0 Å². The first-order valence-corrected chi connectivity index (χ1v) is 12.4. The van der Waals surface area contributed by atoms with E-state index in [9.17, 15) is 14.4 Å². The normalized spacial score (nSPS) is 21.3. The Morgan fingerprint density at radius 3 is 2.72 bits per heavy atom. The number of anilines is 2. The fourth-order valence-corrected chi connectivity index (χ4v) is 5.65. The molecule has 2 aliphatic rings. The molecule has 0 bridgehead atoms. The van der Waals surface area contributed by atoms with Crippen LogP contribution in [0.15, 0.2) is 34.1 Å². The Morgan fingerprint density at radius 1 is 1.25 bits per heavy atom. The molecular formula is C23H26BrN3O4S. The van der Waals surface area contributed by atoms with E-state index in [0.717, 1.165) is 27.1 Å². The average Bonchev–Trinajstić information content (AvgIpc) is 3.33. The number of hydrogen-bond donors (Lipinski definition) is 1. The molecule has 3 amide bonds. The minimum Gasteiger partial charge on any atom is -0.370 e. The summed E-state index contributed by atoms with van der Waals surface area (Å²) in [7, 11) is 0. The zero-order valence-electron chi connectivity index (χ0n) is 18.1. The van der Waals surface area contributed by atoms with Crippen molar-refractivity contribution in [1.29, 1.82) is 0 Å². The first kappa shape index (κ1) is 22.9. The molecule has 1 N–H and O–H groups in total. The van der Waals surface area contributed by atoms with Gasteiger partial charge < -0.3 is 19.9 Å². The Balaban J connectivity index is 1.54. The minimum absolute atomic E-state index is 0.0270. The SMILES string of the molecule is CCC[C@H]1C(=O)N(c2ccc(N3CCOCC3=O)c(C)c2)C[C@@H]1NC(=O)c1ccc(Br)s1. The van der Waals surface area contributed by atoms with E-state index in [1.54, 1.807) is 15.9 Å². The van der Waals surface area contributed by atoms with Gasteiger partial charge in [-0.25, -0.2) is 0 Å². The number of rotatable bonds is 6. The van der Waals surface area contributed by atoms with Gasteiger partial charge in [0.05, 0.1) is 27.2 Å². The lowest BCUT2D eigenvalue weighted by molar-refractivity contribution is -0.125. The molecule has 2 fully saturated rings. The molecular weight excluding hydrogens is 494 g/mol. The molecule has 9 heteroatoms. The van der Waals surface area contributed by atoms with Gasteiger partial charge in [0.15, 0.2) is 0 Å². The van der Waals surface area contributed by atoms with Crippen LogP contribution in [-0.4, -0.2) is 50.1 Å². The Kier molecular flexibility index (Phi) is 6.97. The smallest absolute Gasteiger partial charge is 0.261 e. The van der Waals surface area contributed by atoms with Gasteiger partial charge in [-0.2, -0.15) is 0 Å². The minimum atomic E-state index is -0.256. The average molecular weight is 520 g/mol. The molecule has 1 aromatic heterocycles. The van der Waals surface area contributed by atoms with Crippen LogP contribution in [-0.2, 0) is 14.3 Å². The highest BCUT2D eigenvalue weighted by Gasteiger charge is 2.41. The maximum Gasteiger partial charge on any atom is 0.261 e. The number of carbonyl (C=O) groups excluding carboxylic acids is 3. The number of halogens is 1. The number of morpholine rings is 1. The summed E-state index contributed by atoms with van der Waals surface area (Å²) in [5.41, 5.74) is 2.55. The molecule has 0 aliphatic carbocycles. The highest BCUT2D eigenvalue weighted by molar-refractivity contribution is 9.11. The molecule has 7 nitrogen and oxygen atoms in total. The summed E-state index contributed by atoms with van der Waals surface area (Å²) in [6.45, 7) is 5.54. The quantitative estimate of drug-likeness (QED) is 0.630. The van der Waals surface area contributed by atoms with Gasteiger partial charge in [0.2, 0.25) is 5.91 Å². The maximum absolute atomic E-state index is 13.3. The monoisotopic (exact) mass is 519 g/mol. The molecule has 0 unspecified atom stereocenters. The van der Waals surface area contributed by atoms with E-state index in [2.05, 4.69) is 21.2 Å². The number of nitrogens with one attached hydrogen (secondary N) is 1. The first-order valence-electron chi connectivity index (χ1n) is 10.8. The fourth-order valence-electron chi connectivity index (χ4n) is 4.36. The summed E-state index contributed by atoms with van der Waals surface area (Å²) in [6, 6.07) is 9.09. The van der Waals surface area contributed by atoms with Crippen molar-refractivity contribution in [2.75, 3.05) is 36.1 Å². The van der Waals surface area contributed by atoms with Crippen LogP contribution in [0.4, 0.5) is 11.4 Å². The predicted molar refractivity (Wildman–Crippen MR) is 128 cm³/mol. The van der Waals surface area contributed by atoms with Crippen LogP contribution in [0.3, 0.4) is 0 Å². The van der Waals surface area contributed by atoms with Gasteiger partial charge in [0.25, 0.3) is 11.8 Å². The highest BCUT2D eigenvalue weighted by Crippen LogP contribution is 2.32. The Hall–Kier alpha value is -2.23. The summed E-state index contributed by atoms with van der Waals surface area (Å²) >= 11 is 4.76. The van der Waals surface area contributed by atoms with Gasteiger partial charge in [-0.1, -0.05) is 13.3 Å². The summed E-state index contributed by atoms with van der Waals surface area (Å²) in [4.78, 5) is 42.3. The Labute approximate surface area is 199 Å². The molecule has 0 radical (unpaired) electrons. The second-order valence-electron chi connectivity index (χ2n) is 8.10. The molecule has 2 aliphatic heterocycles. The van der Waals surface area contributed by atoms with Crippen LogP contribution in [0, 0.1) is 12.8 Å². The molecule has 3 heterocycles. The van der Waals surface area contributed by atoms with E-state index < -0.39 is 0 Å². The third-order valence-electron chi connectivity index (χ3n) is 5.93. The molecule has 170 valence electrons. The van der Waals surface area contributed by atoms with Crippen molar-refractivity contribution in [1.82, 2.24) is 5.32 Å². The molecule has 4 rings (SSSR count). The number of thiophene rings is 1. The van der Waals surface area contributed by atoms with Crippen LogP contribution in [0.25, 0.3) is 0 Å². The van der Waals surface area contributed by atoms with Crippen molar-refractivity contribution in [3.8, 4) is 0 Å². The van der Waals surface area contributed by atoms with E-state index in [0.29, 0.717) is 31.0 Å². The third-order valence-corrected chi connectivity index (χ3v) is 7.55. The molecule has 2 saturated heterocycles. The number of hydrogen-bond acceptors (Lipinski definition) is 5. The maximum atomic E-state index is 13.3. The number of nitrogens with zero attached hydrogens (tertiary/aromatic N) is 2. The lowest BCUT2D eigenvalue weighted by atomic mass is 9.97. The van der Waals surface area contributed by atoms with Gasteiger partial charge in [-0.3, -0.25) is 14.4 Å². The molecule has 0 spiro atoms. The van der Waals surface area contributed by atoms with Crippen molar-refractivity contribution in [2.45, 2.75) is 32.7 Å². The summed E-state index contributed by atoms with van der Waals surface area (Å²) in [6.07, 6.45) is 1.58. The second kappa shape index (κ2) is 9.72. The van der Waals surface area contributed by atoms with Crippen LogP contribution < -0.4 is 15.1 Å². The summed E-state index contributed by atoms with van der Waals surface area (Å²) < 4.78 is 6.12. The van der Waals surface area contributed by atoms with Crippen molar-refractivity contribution in [3.05, 3.63) is 44.6 Å². The molecule has 1 aromatic carbocycles. The topological polar surface area (TPSA) is 79.0 Å². The zero-order valence-corrected chi connectivity index (χ0v) is 20.5. The van der Waals surface area contributed by atoms with E-state index in [-0.39, 0.29) is 36.3 Å². The second-order valence-corrected chi connectivity index (χ2v) is 10.6. The van der Waals surface area contributed by atoms with Gasteiger partial charge >= 0.3 is 0 Å². The van der Waals surface area contributed by atoms with E-state index in [4.69, 9.17) is 4.74 Å². The van der Waals surface area contributed by atoms with Crippen LogP contribution >= 0.6 is 27.3 Å². The van der Waals surface area contributed by atoms with E-state index in [1.807, 2.05) is 38.1 Å². The predicted octanol–water partition coefficient (Wildman–Crippen LogP) is 3.74. The number of amides is 3. The number of aryl methyl sites for hydroxylation is 1. The number of benzene rings is 1. The Morgan fingerprint density at radius 2 is 2.06 bits per heavy atom. The van der Waals surface area contributed by atoms with Crippen molar-refractivity contribution >= 4 is 56.4 Å². The Bertz CT molecular complexity index is 1040. The van der Waals surface area contributed by atoms with Crippen LogP contribution in [0.1, 0.15) is 35.0 Å². The lowest BCUT2D eigenvalue weighted by Gasteiger charge is -2.29.